The van der Waals surface area contributed by atoms with E-state index in [-0.39, 0.29) is 20.1 Å². The van der Waals surface area contributed by atoms with Crippen LogP contribution in [0.15, 0.2) is 116 Å². The molecule has 0 aliphatic carbocycles. The third-order valence-corrected chi connectivity index (χ3v) is 5.36. The van der Waals surface area contributed by atoms with E-state index in [4.69, 9.17) is 4.98 Å². The van der Waals surface area contributed by atoms with Gasteiger partial charge in [0.2, 0.25) is 0 Å². The zero-order valence-electron chi connectivity index (χ0n) is 19.1. The maximum absolute atomic E-state index is 4.83. The molecule has 35 heavy (non-hydrogen) atoms. The van der Waals surface area contributed by atoms with Crippen LogP contribution in [0.1, 0.15) is 5.56 Å². The van der Waals surface area contributed by atoms with E-state index in [0.29, 0.717) is 0 Å². The molecule has 6 aromatic rings. The monoisotopic (exact) mass is 631 g/mol. The van der Waals surface area contributed by atoms with Crippen molar-refractivity contribution in [1.29, 1.82) is 0 Å². The number of hydrogen-bond donors (Lipinski definition) is 0. The molecule has 0 bridgehead atoms. The van der Waals surface area contributed by atoms with Crippen LogP contribution in [0.25, 0.3) is 39.5 Å². The maximum Gasteiger partial charge on any atom is 0.155 e. The molecule has 0 saturated carbocycles. The van der Waals surface area contributed by atoms with Gasteiger partial charge >= 0.3 is 0 Å². The third-order valence-electron chi connectivity index (χ3n) is 5.36. The first-order valence-electron chi connectivity index (χ1n) is 11.1. The molecule has 0 N–H and O–H groups in total. The van der Waals surface area contributed by atoms with Crippen molar-refractivity contribution in [3.63, 3.8) is 0 Å². The van der Waals surface area contributed by atoms with E-state index in [1.54, 1.807) is 6.20 Å². The van der Waals surface area contributed by atoms with Crippen LogP contribution in [0.5, 0.6) is 0 Å². The van der Waals surface area contributed by atoms with Crippen LogP contribution < -0.4 is 0 Å². The smallest absolute Gasteiger partial charge is 0.155 e. The largest absolute Gasteiger partial charge is 0.318 e. The maximum atomic E-state index is 4.83. The predicted molar refractivity (Wildman–Crippen MR) is 136 cm³/mol. The number of fused-ring (bicyclic) bond motifs is 1. The molecule has 3 aromatic heterocycles. The van der Waals surface area contributed by atoms with Crippen LogP contribution >= 0.6 is 0 Å². The Morgan fingerprint density at radius 1 is 0.657 bits per heavy atom. The Morgan fingerprint density at radius 2 is 1.34 bits per heavy atom. The van der Waals surface area contributed by atoms with Crippen molar-refractivity contribution >= 4 is 11.2 Å². The van der Waals surface area contributed by atoms with Gasteiger partial charge in [-0.25, -0.2) is 4.98 Å². The number of hydrogen-bond acceptors (Lipinski definition) is 3. The summed E-state index contributed by atoms with van der Waals surface area (Å²) < 4.78 is 2.09. The van der Waals surface area contributed by atoms with E-state index < -0.39 is 0 Å². The molecule has 0 saturated heterocycles. The average molecular weight is 631 g/mol. The molecule has 5 heteroatoms. The second kappa shape index (κ2) is 11.5. The molecule has 1 radical (unpaired) electrons. The number of aryl methyl sites for hydroxylation is 1. The number of imidazole rings is 1. The molecule has 0 fully saturated rings. The molecule has 0 spiro atoms. The van der Waals surface area contributed by atoms with Crippen LogP contribution in [0, 0.1) is 19.1 Å². The molecule has 173 valence electrons. The number of benzene rings is 3. The second-order valence-electron chi connectivity index (χ2n) is 7.67. The van der Waals surface area contributed by atoms with E-state index in [9.17, 15) is 0 Å². The summed E-state index contributed by atoms with van der Waals surface area (Å²) in [5.74, 6) is 0.864. The van der Waals surface area contributed by atoms with Gasteiger partial charge in [-0.1, -0.05) is 30.3 Å². The molecular weight excluding hydrogens is 609 g/mol. The SMILES string of the molecule is Cc1ccnc2c1nc(-c1[c-]cccc1)n2-c1ccccc1.[Ir].[c-]1ccccc1-c1ccccn1. The molecular formula is C30H22IrN4-2. The third kappa shape index (κ3) is 5.43. The van der Waals surface area contributed by atoms with Gasteiger partial charge in [0.05, 0.1) is 11.3 Å². The van der Waals surface area contributed by atoms with Gasteiger partial charge in [0.25, 0.3) is 0 Å². The standard InChI is InChI=1S/C19H14N3.C11H8N.Ir/c1-14-12-13-20-19-17(14)21-18(15-8-4-2-5-9-15)22(19)16-10-6-3-7-11-16;1-2-6-10(7-3-1)11-8-4-5-9-12-11;/h2-8,10-13H,1H3;1-6,8-9H;/q2*-1;. The number of rotatable bonds is 3. The Kier molecular flexibility index (Phi) is 7.94. The minimum atomic E-state index is 0. The summed E-state index contributed by atoms with van der Waals surface area (Å²) in [5.41, 5.74) is 6.95. The first-order valence-corrected chi connectivity index (χ1v) is 11.1. The van der Waals surface area contributed by atoms with Crippen LogP contribution in [-0.4, -0.2) is 19.5 Å². The number of para-hydroxylation sites is 1. The Labute approximate surface area is 218 Å². The number of aromatic nitrogens is 4. The summed E-state index contributed by atoms with van der Waals surface area (Å²) in [6, 6.07) is 40.2. The first kappa shape index (κ1) is 24.2. The summed E-state index contributed by atoms with van der Waals surface area (Å²) in [5, 5.41) is 0. The zero-order valence-corrected chi connectivity index (χ0v) is 21.5. The fraction of sp³-hybridized carbons (Fsp3) is 0.0333. The van der Waals surface area contributed by atoms with Crippen molar-refractivity contribution in [2.75, 3.05) is 0 Å². The van der Waals surface area contributed by atoms with Gasteiger partial charge in [-0.3, -0.25) is 4.98 Å². The minimum absolute atomic E-state index is 0. The normalized spacial score (nSPS) is 10.2. The summed E-state index contributed by atoms with van der Waals surface area (Å²) in [6.45, 7) is 2.06. The van der Waals surface area contributed by atoms with Crippen LogP contribution in [0.4, 0.5) is 0 Å². The second-order valence-corrected chi connectivity index (χ2v) is 7.67. The van der Waals surface area contributed by atoms with E-state index in [1.165, 1.54) is 0 Å². The van der Waals surface area contributed by atoms with Crippen LogP contribution in [0.3, 0.4) is 0 Å². The van der Waals surface area contributed by atoms with Gasteiger partial charge in [-0.15, -0.1) is 71.8 Å². The Morgan fingerprint density at radius 3 is 2.00 bits per heavy atom. The number of pyridine rings is 2. The zero-order chi connectivity index (χ0) is 23.2. The van der Waals surface area contributed by atoms with E-state index in [0.717, 1.165) is 45.1 Å². The van der Waals surface area contributed by atoms with Crippen molar-refractivity contribution in [3.8, 4) is 28.3 Å². The summed E-state index contributed by atoms with van der Waals surface area (Å²) in [6.07, 6.45) is 3.62. The van der Waals surface area contributed by atoms with E-state index >= 15 is 0 Å². The fourth-order valence-electron chi connectivity index (χ4n) is 3.70. The Balaban J connectivity index is 0.000000189. The van der Waals surface area contributed by atoms with E-state index in [2.05, 4.69) is 45.7 Å². The van der Waals surface area contributed by atoms with Crippen LogP contribution in [-0.2, 0) is 20.1 Å². The molecule has 3 aromatic carbocycles. The molecule has 0 atom stereocenters. The van der Waals surface area contributed by atoms with Crippen molar-refractivity contribution in [2.45, 2.75) is 6.92 Å². The van der Waals surface area contributed by atoms with Crippen molar-refractivity contribution in [3.05, 3.63) is 133 Å². The van der Waals surface area contributed by atoms with Gasteiger partial charge < -0.3 is 9.55 Å². The molecule has 0 aliphatic heterocycles. The molecule has 0 unspecified atom stereocenters. The summed E-state index contributed by atoms with van der Waals surface area (Å²) in [4.78, 5) is 13.6. The number of nitrogens with zero attached hydrogens (tertiary/aromatic N) is 4. The first-order chi connectivity index (χ1) is 16.8. The predicted octanol–water partition coefficient (Wildman–Crippen LogP) is 6.74. The van der Waals surface area contributed by atoms with Crippen molar-refractivity contribution < 1.29 is 20.1 Å². The van der Waals surface area contributed by atoms with E-state index in [1.807, 2.05) is 97.2 Å². The van der Waals surface area contributed by atoms with Crippen LogP contribution in [0.2, 0.25) is 0 Å². The average Bonchev–Trinajstić information content (AvgIpc) is 3.32. The molecule has 3 heterocycles. The Bertz CT molecular complexity index is 1450. The fourth-order valence-corrected chi connectivity index (χ4v) is 3.70. The van der Waals surface area contributed by atoms with Gasteiger partial charge in [-0.05, 0) is 42.4 Å². The summed E-state index contributed by atoms with van der Waals surface area (Å²) in [7, 11) is 0. The topological polar surface area (TPSA) is 43.6 Å². The molecule has 0 aliphatic rings. The minimum Gasteiger partial charge on any atom is -0.318 e. The molecule has 0 amide bonds. The van der Waals surface area contributed by atoms with Gasteiger partial charge in [0, 0.05) is 38.2 Å². The summed E-state index contributed by atoms with van der Waals surface area (Å²) >= 11 is 0. The molecule has 4 nitrogen and oxygen atoms in total. The van der Waals surface area contributed by atoms with Crippen molar-refractivity contribution in [2.24, 2.45) is 0 Å². The van der Waals surface area contributed by atoms with Gasteiger partial charge in [0.1, 0.15) is 0 Å². The quantitative estimate of drug-likeness (QED) is 0.204. The van der Waals surface area contributed by atoms with Gasteiger partial charge in [-0.2, -0.15) is 0 Å². The van der Waals surface area contributed by atoms with Gasteiger partial charge in [0.15, 0.2) is 5.65 Å². The molecule has 6 rings (SSSR count). The Hall–Kier alpha value is -3.92. The van der Waals surface area contributed by atoms with Crippen molar-refractivity contribution in [1.82, 2.24) is 19.5 Å².